The van der Waals surface area contributed by atoms with E-state index in [1.807, 2.05) is 69.3 Å². The number of nitrogens with zero attached hydrogens (tertiary/aromatic N) is 3. The number of aliphatic hydroxyl groups is 1. The summed E-state index contributed by atoms with van der Waals surface area (Å²) in [5.41, 5.74) is 3.52. The van der Waals surface area contributed by atoms with Crippen molar-refractivity contribution in [3.8, 4) is 0 Å². The number of thioether (sulfide) groups is 1. The van der Waals surface area contributed by atoms with Gasteiger partial charge in [0.05, 0.1) is 29.2 Å². The summed E-state index contributed by atoms with van der Waals surface area (Å²) < 4.78 is -0.796. The van der Waals surface area contributed by atoms with Crippen LogP contribution < -0.4 is 9.80 Å². The molecule has 3 saturated heterocycles. The fourth-order valence-electron chi connectivity index (χ4n) is 7.66. The molecule has 228 valence electrons. The highest BCUT2D eigenvalue weighted by molar-refractivity contribution is 8.02. The van der Waals surface area contributed by atoms with Gasteiger partial charge in [-0.05, 0) is 61.9 Å². The summed E-state index contributed by atoms with van der Waals surface area (Å²) in [6, 6.07) is 14.1. The van der Waals surface area contributed by atoms with Crippen LogP contribution in [-0.4, -0.2) is 69.5 Å². The van der Waals surface area contributed by atoms with E-state index in [0.29, 0.717) is 13.0 Å². The van der Waals surface area contributed by atoms with Crippen molar-refractivity contribution < 1.29 is 19.5 Å². The number of hydrogen-bond acceptors (Lipinski definition) is 5. The van der Waals surface area contributed by atoms with Crippen LogP contribution in [0.1, 0.15) is 37.8 Å². The summed E-state index contributed by atoms with van der Waals surface area (Å²) in [6.07, 6.45) is 4.64. The zero-order valence-electron chi connectivity index (χ0n) is 25.6. The van der Waals surface area contributed by atoms with Gasteiger partial charge in [0.15, 0.2) is 0 Å². The van der Waals surface area contributed by atoms with E-state index >= 15 is 0 Å². The Bertz CT molecular complexity index is 1410. The molecule has 3 heterocycles. The van der Waals surface area contributed by atoms with Crippen molar-refractivity contribution in [2.24, 2.45) is 17.8 Å². The summed E-state index contributed by atoms with van der Waals surface area (Å²) in [4.78, 5) is 49.3. The Morgan fingerprint density at radius 2 is 1.77 bits per heavy atom. The predicted octanol–water partition coefficient (Wildman–Crippen LogP) is 5.15. The molecular formula is C35H43N3O4S. The summed E-state index contributed by atoms with van der Waals surface area (Å²) in [7, 11) is 0. The third-order valence-corrected chi connectivity index (χ3v) is 11.7. The maximum atomic E-state index is 15.0. The molecule has 0 radical (unpaired) electrons. The molecule has 0 aliphatic carbocycles. The van der Waals surface area contributed by atoms with E-state index in [-0.39, 0.29) is 42.0 Å². The molecule has 8 heteroatoms. The Hall–Kier alpha value is -3.36. The second kappa shape index (κ2) is 12.3. The molecule has 3 fully saturated rings. The van der Waals surface area contributed by atoms with Crippen LogP contribution in [0.15, 0.2) is 73.8 Å². The molecule has 0 saturated carbocycles. The normalized spacial score (nSPS) is 28.0. The first kappa shape index (κ1) is 31.1. The quantitative estimate of drug-likeness (QED) is 0.361. The maximum absolute atomic E-state index is 15.0. The van der Waals surface area contributed by atoms with E-state index < -0.39 is 28.7 Å². The molecule has 1 N–H and O–H groups in total. The molecule has 5 rings (SSSR count). The van der Waals surface area contributed by atoms with Gasteiger partial charge in [0.25, 0.3) is 5.91 Å². The zero-order valence-corrected chi connectivity index (χ0v) is 26.4. The molecule has 1 spiro atoms. The highest BCUT2D eigenvalue weighted by atomic mass is 32.2. The Morgan fingerprint density at radius 3 is 2.40 bits per heavy atom. The molecule has 3 aliphatic rings. The fourth-order valence-corrected chi connectivity index (χ4v) is 10.1. The number of fused-ring (bicyclic) bond motifs is 1. The predicted molar refractivity (Wildman–Crippen MR) is 174 cm³/mol. The number of para-hydroxylation sites is 1. The molecule has 7 nitrogen and oxygen atoms in total. The van der Waals surface area contributed by atoms with Gasteiger partial charge in [-0.3, -0.25) is 14.4 Å². The summed E-state index contributed by atoms with van der Waals surface area (Å²) in [5, 5.41) is 10.4. The molecule has 2 aromatic carbocycles. The molecule has 2 bridgehead atoms. The lowest BCUT2D eigenvalue weighted by atomic mass is 9.65. The molecule has 2 aromatic rings. The number of amides is 3. The first-order valence-corrected chi connectivity index (χ1v) is 16.1. The largest absolute Gasteiger partial charge is 0.394 e. The number of carbonyl (C=O) groups is 3. The van der Waals surface area contributed by atoms with Gasteiger partial charge in [-0.1, -0.05) is 56.3 Å². The average Bonchev–Trinajstić information content (AvgIpc) is 3.60. The van der Waals surface area contributed by atoms with Crippen LogP contribution in [0.2, 0.25) is 0 Å². The molecule has 43 heavy (non-hydrogen) atoms. The van der Waals surface area contributed by atoms with Gasteiger partial charge < -0.3 is 19.8 Å². The molecule has 3 aliphatic heterocycles. The average molecular weight is 602 g/mol. The van der Waals surface area contributed by atoms with E-state index in [4.69, 9.17) is 0 Å². The Balaban J connectivity index is 1.64. The maximum Gasteiger partial charge on any atom is 0.251 e. The second-order valence-corrected chi connectivity index (χ2v) is 13.7. The SMILES string of the molecule is C=CCN(C(=O)[C@@H]1[C@@H]2CC(C)C3(S2)C(C(=O)N(CC=C)c2cc(C)ccc2C)N([C@@H](CC)CO)C(=O)[C@H]13)c1ccccc1. The van der Waals surface area contributed by atoms with Crippen molar-refractivity contribution in [1.29, 1.82) is 0 Å². The number of carbonyl (C=O) groups excluding carboxylic acids is 3. The van der Waals surface area contributed by atoms with Crippen molar-refractivity contribution >= 4 is 40.9 Å². The van der Waals surface area contributed by atoms with Crippen molar-refractivity contribution in [3.05, 3.63) is 85.0 Å². The van der Waals surface area contributed by atoms with Crippen molar-refractivity contribution in [3.63, 3.8) is 0 Å². The number of hydrogen-bond donors (Lipinski definition) is 1. The Morgan fingerprint density at radius 1 is 1.09 bits per heavy atom. The van der Waals surface area contributed by atoms with Crippen LogP contribution in [0.3, 0.4) is 0 Å². The van der Waals surface area contributed by atoms with E-state index in [1.165, 1.54) is 0 Å². The van der Waals surface area contributed by atoms with Gasteiger partial charge in [0.2, 0.25) is 11.8 Å². The summed E-state index contributed by atoms with van der Waals surface area (Å²) in [6.45, 7) is 16.2. The minimum atomic E-state index is -0.825. The van der Waals surface area contributed by atoms with Gasteiger partial charge >= 0.3 is 0 Å². The first-order valence-electron chi connectivity index (χ1n) is 15.2. The Labute approximate surface area is 259 Å². The monoisotopic (exact) mass is 601 g/mol. The van der Waals surface area contributed by atoms with Gasteiger partial charge in [0.1, 0.15) is 6.04 Å². The highest BCUT2D eigenvalue weighted by Gasteiger charge is 2.77. The molecular weight excluding hydrogens is 558 g/mol. The van der Waals surface area contributed by atoms with Gasteiger partial charge in [0, 0.05) is 29.7 Å². The smallest absolute Gasteiger partial charge is 0.251 e. The molecule has 0 aromatic heterocycles. The molecule has 3 amide bonds. The highest BCUT2D eigenvalue weighted by Crippen LogP contribution is 2.69. The lowest BCUT2D eigenvalue weighted by Gasteiger charge is -2.42. The van der Waals surface area contributed by atoms with Gasteiger partial charge in [-0.15, -0.1) is 24.9 Å². The van der Waals surface area contributed by atoms with Crippen LogP contribution in [0, 0.1) is 31.6 Å². The minimum absolute atomic E-state index is 0.0180. The molecule has 3 unspecified atom stereocenters. The van der Waals surface area contributed by atoms with Crippen LogP contribution in [0.5, 0.6) is 0 Å². The number of aryl methyl sites for hydroxylation is 2. The van der Waals surface area contributed by atoms with Crippen LogP contribution in [-0.2, 0) is 14.4 Å². The number of aliphatic hydroxyl groups excluding tert-OH is 1. The van der Waals surface area contributed by atoms with Crippen molar-refractivity contribution in [1.82, 2.24) is 4.90 Å². The topological polar surface area (TPSA) is 81.2 Å². The zero-order chi connectivity index (χ0) is 31.1. The standard InChI is InChI=1S/C35H43N3O4S/c1-7-17-36(26-13-11-10-12-14-26)32(40)29-28-20-24(6)35(43-28)30(29)33(41)38(25(9-3)21-39)31(35)34(42)37(18-8-2)27-19-22(4)15-16-23(27)5/h7-8,10-16,19,24-25,28-31,39H,1-2,9,17-18,20-21H2,3-6H3/t24?,25-,28-,29+,30-,31?,35?/m0/s1. The van der Waals surface area contributed by atoms with Gasteiger partial charge in [-0.2, -0.15) is 0 Å². The number of anilines is 2. The number of benzene rings is 2. The lowest BCUT2D eigenvalue weighted by Crippen LogP contribution is -2.59. The minimum Gasteiger partial charge on any atom is -0.394 e. The Kier molecular flexibility index (Phi) is 8.91. The summed E-state index contributed by atoms with van der Waals surface area (Å²) >= 11 is 1.65. The van der Waals surface area contributed by atoms with E-state index in [9.17, 15) is 19.5 Å². The lowest BCUT2D eigenvalue weighted by molar-refractivity contribution is -0.142. The number of rotatable bonds is 11. The van der Waals surface area contributed by atoms with E-state index in [1.54, 1.807) is 38.6 Å². The van der Waals surface area contributed by atoms with Crippen LogP contribution >= 0.6 is 11.8 Å². The van der Waals surface area contributed by atoms with Crippen molar-refractivity contribution in [2.75, 3.05) is 29.5 Å². The van der Waals surface area contributed by atoms with E-state index in [0.717, 1.165) is 28.9 Å². The van der Waals surface area contributed by atoms with E-state index in [2.05, 4.69) is 20.1 Å². The number of likely N-dealkylation sites (tertiary alicyclic amines) is 1. The molecule has 7 atom stereocenters. The second-order valence-electron chi connectivity index (χ2n) is 12.1. The third-order valence-electron chi connectivity index (χ3n) is 9.66. The van der Waals surface area contributed by atoms with Crippen LogP contribution in [0.4, 0.5) is 11.4 Å². The third kappa shape index (κ3) is 4.92. The summed E-state index contributed by atoms with van der Waals surface area (Å²) in [5.74, 6) is -1.74. The fraction of sp³-hybridized carbons (Fsp3) is 0.457. The van der Waals surface area contributed by atoms with Crippen LogP contribution in [0.25, 0.3) is 0 Å². The first-order chi connectivity index (χ1) is 20.7. The van der Waals surface area contributed by atoms with Gasteiger partial charge in [-0.25, -0.2) is 0 Å². The van der Waals surface area contributed by atoms with Crippen molar-refractivity contribution in [2.45, 2.75) is 62.6 Å².